The number of likely N-dealkylation sites (tertiary alicyclic amines) is 1. The maximum atomic E-state index is 4.59. The van der Waals surface area contributed by atoms with Gasteiger partial charge in [-0.15, -0.1) is 0 Å². The second-order valence-electron chi connectivity index (χ2n) is 6.75. The summed E-state index contributed by atoms with van der Waals surface area (Å²) in [5.41, 5.74) is 3.64. The van der Waals surface area contributed by atoms with Crippen molar-refractivity contribution in [2.75, 3.05) is 20.1 Å². The first kappa shape index (κ1) is 18.1. The van der Waals surface area contributed by atoms with Gasteiger partial charge in [-0.1, -0.05) is 24.3 Å². The lowest BCUT2D eigenvalue weighted by molar-refractivity contribution is 0.171. The number of nitrogens with zero attached hydrogens (tertiary/aromatic N) is 3. The zero-order valence-corrected chi connectivity index (χ0v) is 16.6. The summed E-state index contributed by atoms with van der Waals surface area (Å²) >= 11 is 1.62. The third kappa shape index (κ3) is 4.03. The monoisotopic (exact) mass is 379 g/mol. The fourth-order valence-electron chi connectivity index (χ4n) is 3.37. The van der Waals surface area contributed by atoms with Gasteiger partial charge in [0.1, 0.15) is 0 Å². The maximum Gasteiger partial charge on any atom is 0.0843 e. The Morgan fingerprint density at radius 3 is 2.78 bits per heavy atom. The van der Waals surface area contributed by atoms with Gasteiger partial charge >= 0.3 is 0 Å². The molecule has 2 aromatic heterocycles. The molecule has 0 radical (unpaired) electrons. The van der Waals surface area contributed by atoms with E-state index in [0.29, 0.717) is 0 Å². The molecular formula is C21H25N5S. The first-order chi connectivity index (χ1) is 13.2. The summed E-state index contributed by atoms with van der Waals surface area (Å²) in [5, 5.41) is 7.14. The summed E-state index contributed by atoms with van der Waals surface area (Å²) in [6, 6.07) is 16.9. The van der Waals surface area contributed by atoms with E-state index in [1.165, 1.54) is 51.9 Å². The fraction of sp³-hybridized carbons (Fsp3) is 0.286. The van der Waals surface area contributed by atoms with Crippen molar-refractivity contribution in [2.24, 2.45) is 7.05 Å². The van der Waals surface area contributed by atoms with Gasteiger partial charge < -0.3 is 4.98 Å². The average molecular weight is 380 g/mol. The highest BCUT2D eigenvalue weighted by molar-refractivity contribution is 7.97. The molecule has 0 aliphatic carbocycles. The molecule has 0 bridgehead atoms. The van der Waals surface area contributed by atoms with Crippen molar-refractivity contribution in [1.82, 2.24) is 24.4 Å². The third-order valence-corrected chi connectivity index (χ3v) is 5.60. The van der Waals surface area contributed by atoms with Crippen molar-refractivity contribution in [1.29, 1.82) is 0 Å². The van der Waals surface area contributed by atoms with Crippen LogP contribution in [-0.4, -0.2) is 39.8 Å². The molecule has 5 rings (SSSR count). The zero-order chi connectivity index (χ0) is 18.6. The molecule has 0 saturated carbocycles. The van der Waals surface area contributed by atoms with Crippen LogP contribution in [0.3, 0.4) is 0 Å². The Morgan fingerprint density at radius 1 is 1.15 bits per heavy atom. The highest BCUT2D eigenvalue weighted by atomic mass is 32.2. The van der Waals surface area contributed by atoms with Crippen LogP contribution < -0.4 is 4.72 Å². The first-order valence-corrected chi connectivity index (χ1v) is 10.1. The van der Waals surface area contributed by atoms with E-state index in [-0.39, 0.29) is 0 Å². The van der Waals surface area contributed by atoms with Crippen LogP contribution in [0.4, 0.5) is 0 Å². The number of H-pyrrole nitrogens is 1. The number of nitrogens with one attached hydrogen (secondary N) is 2. The summed E-state index contributed by atoms with van der Waals surface area (Å²) in [7, 11) is 3.94. The van der Waals surface area contributed by atoms with Gasteiger partial charge in [0.25, 0.3) is 0 Å². The van der Waals surface area contributed by atoms with E-state index in [1.807, 2.05) is 25.0 Å². The van der Waals surface area contributed by atoms with Gasteiger partial charge in [-0.25, -0.2) is 0 Å². The van der Waals surface area contributed by atoms with E-state index >= 15 is 0 Å². The second kappa shape index (κ2) is 8.17. The number of rotatable bonds is 4. The van der Waals surface area contributed by atoms with Crippen molar-refractivity contribution in [3.05, 3.63) is 60.4 Å². The van der Waals surface area contributed by atoms with E-state index in [0.717, 1.165) is 6.54 Å². The van der Waals surface area contributed by atoms with Crippen LogP contribution in [-0.2, 0) is 13.6 Å². The van der Waals surface area contributed by atoms with Crippen LogP contribution in [0, 0.1) is 0 Å². The summed E-state index contributed by atoms with van der Waals surface area (Å²) in [5.74, 6) is 0. The molecule has 2 N–H and O–H groups in total. The predicted octanol–water partition coefficient (Wildman–Crippen LogP) is 4.17. The number of hydrogen-bond acceptors (Lipinski definition) is 4. The highest BCUT2D eigenvalue weighted by Gasteiger charge is 2.17. The maximum absolute atomic E-state index is 4.59. The lowest BCUT2D eigenvalue weighted by atomic mass is 10.1. The standard InChI is InChI=1S/C12H15N3.C9H10N2S/c1-14-12-6-3-2-5-10(12)11(13-14)9-15-7-4-8-15;1-10-12-8-3-2-7-4-5-11-9(7)6-8/h2-3,5-6H,4,7-9H2,1H3;2-6,10-11H,1H3. The molecule has 1 aliphatic heterocycles. The van der Waals surface area contributed by atoms with E-state index < -0.39 is 0 Å². The quantitative estimate of drug-likeness (QED) is 0.523. The lowest BCUT2D eigenvalue weighted by Crippen LogP contribution is -2.36. The minimum Gasteiger partial charge on any atom is -0.361 e. The highest BCUT2D eigenvalue weighted by Crippen LogP contribution is 2.21. The molecule has 5 nitrogen and oxygen atoms in total. The predicted molar refractivity (Wildman–Crippen MR) is 114 cm³/mol. The van der Waals surface area contributed by atoms with Crippen molar-refractivity contribution < 1.29 is 0 Å². The van der Waals surface area contributed by atoms with E-state index in [4.69, 9.17) is 0 Å². The fourth-order valence-corrected chi connectivity index (χ4v) is 3.91. The molecule has 0 atom stereocenters. The lowest BCUT2D eigenvalue weighted by Gasteiger charge is -2.29. The number of aromatic nitrogens is 3. The number of aryl methyl sites for hydroxylation is 1. The van der Waals surface area contributed by atoms with Crippen LogP contribution in [0.2, 0.25) is 0 Å². The van der Waals surface area contributed by atoms with Crippen molar-refractivity contribution >= 4 is 33.8 Å². The minimum atomic E-state index is 1.00. The normalized spacial score (nSPS) is 14.1. The van der Waals surface area contributed by atoms with Gasteiger partial charge in [0.15, 0.2) is 0 Å². The molecule has 3 heterocycles. The van der Waals surface area contributed by atoms with Gasteiger partial charge in [-0.2, -0.15) is 5.10 Å². The second-order valence-corrected chi connectivity index (χ2v) is 7.83. The Morgan fingerprint density at radius 2 is 2.00 bits per heavy atom. The van der Waals surface area contributed by atoms with Crippen molar-refractivity contribution in [3.8, 4) is 0 Å². The molecule has 0 unspecified atom stereocenters. The first-order valence-electron chi connectivity index (χ1n) is 9.28. The third-order valence-electron chi connectivity index (χ3n) is 4.90. The largest absolute Gasteiger partial charge is 0.361 e. The number of aromatic amines is 1. The Bertz CT molecular complexity index is 1030. The van der Waals surface area contributed by atoms with Crippen LogP contribution in [0.5, 0.6) is 0 Å². The summed E-state index contributed by atoms with van der Waals surface area (Å²) in [4.78, 5) is 6.85. The number of fused-ring (bicyclic) bond motifs is 2. The van der Waals surface area contributed by atoms with E-state index in [9.17, 15) is 0 Å². The number of hydrogen-bond donors (Lipinski definition) is 2. The van der Waals surface area contributed by atoms with E-state index in [2.05, 4.69) is 68.2 Å². The number of benzene rings is 2. The molecule has 1 saturated heterocycles. The molecule has 1 fully saturated rings. The Hall–Kier alpha value is -2.28. The molecule has 27 heavy (non-hydrogen) atoms. The van der Waals surface area contributed by atoms with Crippen LogP contribution >= 0.6 is 11.9 Å². The molecule has 4 aromatic rings. The molecule has 6 heteroatoms. The molecule has 140 valence electrons. The summed E-state index contributed by atoms with van der Waals surface area (Å²) < 4.78 is 5.02. The van der Waals surface area contributed by atoms with Crippen LogP contribution in [0.25, 0.3) is 21.8 Å². The van der Waals surface area contributed by atoms with E-state index in [1.54, 1.807) is 11.9 Å². The minimum absolute atomic E-state index is 1.00. The topological polar surface area (TPSA) is 48.9 Å². The Kier molecular flexibility index (Phi) is 5.48. The van der Waals surface area contributed by atoms with Gasteiger partial charge in [-0.3, -0.25) is 14.3 Å². The summed E-state index contributed by atoms with van der Waals surface area (Å²) in [6.07, 6.45) is 3.29. The summed E-state index contributed by atoms with van der Waals surface area (Å²) in [6.45, 7) is 3.46. The molecule has 2 aromatic carbocycles. The SMILES string of the molecule is CNSc1ccc2cc[nH]c2c1.Cn1nc(CN2CCC2)c2ccccc21. The molecule has 1 aliphatic rings. The number of para-hydroxylation sites is 1. The molecule has 0 amide bonds. The van der Waals surface area contributed by atoms with Gasteiger partial charge in [0.05, 0.1) is 11.2 Å². The molecular weight excluding hydrogens is 354 g/mol. The average Bonchev–Trinajstić information content (AvgIpc) is 3.24. The van der Waals surface area contributed by atoms with Gasteiger partial charge in [-0.05, 0) is 68.2 Å². The Labute approximate surface area is 163 Å². The zero-order valence-electron chi connectivity index (χ0n) is 15.8. The van der Waals surface area contributed by atoms with Crippen LogP contribution in [0.1, 0.15) is 12.1 Å². The molecule has 0 spiro atoms. The van der Waals surface area contributed by atoms with Crippen molar-refractivity contribution in [2.45, 2.75) is 17.9 Å². The van der Waals surface area contributed by atoms with Gasteiger partial charge in [0.2, 0.25) is 0 Å². The van der Waals surface area contributed by atoms with Gasteiger partial charge in [0, 0.05) is 35.6 Å². The smallest absolute Gasteiger partial charge is 0.0843 e. The van der Waals surface area contributed by atoms with Crippen molar-refractivity contribution in [3.63, 3.8) is 0 Å². The Balaban J connectivity index is 0.000000137. The van der Waals surface area contributed by atoms with Crippen LogP contribution in [0.15, 0.2) is 59.6 Å².